The lowest BCUT2D eigenvalue weighted by Crippen LogP contribution is -2.41. The minimum absolute atomic E-state index is 0.464. The van der Waals surface area contributed by atoms with E-state index in [0.29, 0.717) is 12.0 Å². The van der Waals surface area contributed by atoms with Crippen LogP contribution in [0.15, 0.2) is 15.9 Å². The van der Waals surface area contributed by atoms with Gasteiger partial charge in [0.25, 0.3) is 0 Å². The molecule has 4 heteroatoms. The smallest absolute Gasteiger partial charge is 0.0701 e. The van der Waals surface area contributed by atoms with E-state index in [9.17, 15) is 0 Å². The van der Waals surface area contributed by atoms with Crippen LogP contribution >= 0.6 is 27.3 Å². The summed E-state index contributed by atoms with van der Waals surface area (Å²) >= 11 is 5.27. The van der Waals surface area contributed by atoms with Crippen molar-refractivity contribution in [2.45, 2.75) is 26.4 Å². The van der Waals surface area contributed by atoms with Gasteiger partial charge in [-0.15, -0.1) is 11.3 Å². The average molecular weight is 291 g/mol. The Kier molecular flexibility index (Phi) is 5.26. The molecule has 0 spiro atoms. The van der Waals surface area contributed by atoms with Crippen LogP contribution in [-0.4, -0.2) is 24.5 Å². The number of rotatable bonds is 5. The van der Waals surface area contributed by atoms with E-state index in [1.54, 1.807) is 11.3 Å². The quantitative estimate of drug-likeness (QED) is 0.904. The first kappa shape index (κ1) is 13.2. The summed E-state index contributed by atoms with van der Waals surface area (Å²) in [5.74, 6) is 0.600. The molecule has 2 N–H and O–H groups in total. The molecule has 1 rings (SSSR count). The molecule has 0 saturated carbocycles. The predicted molar refractivity (Wildman–Crippen MR) is 71.2 cm³/mol. The van der Waals surface area contributed by atoms with Crippen molar-refractivity contribution in [1.82, 2.24) is 4.90 Å². The minimum atomic E-state index is 0.464. The fourth-order valence-electron chi connectivity index (χ4n) is 1.76. The zero-order valence-corrected chi connectivity index (χ0v) is 11.9. The highest BCUT2D eigenvalue weighted by Crippen LogP contribution is 2.24. The number of hydrogen-bond acceptors (Lipinski definition) is 3. The summed E-state index contributed by atoms with van der Waals surface area (Å²) in [7, 11) is 2.14. The third kappa shape index (κ3) is 3.87. The van der Waals surface area contributed by atoms with Crippen LogP contribution in [0.4, 0.5) is 0 Å². The van der Waals surface area contributed by atoms with Crippen molar-refractivity contribution in [3.05, 3.63) is 20.8 Å². The molecule has 0 aliphatic carbocycles. The number of likely N-dealkylation sites (N-methyl/N-ethyl adjacent to an activating group) is 1. The molecule has 0 aromatic carbocycles. The first-order valence-corrected chi connectivity index (χ1v) is 6.80. The van der Waals surface area contributed by atoms with Gasteiger partial charge < -0.3 is 5.73 Å². The molecule has 86 valence electrons. The van der Waals surface area contributed by atoms with Gasteiger partial charge in [-0.25, -0.2) is 0 Å². The lowest BCUT2D eigenvalue weighted by atomic mass is 10.0. The van der Waals surface area contributed by atoms with Crippen LogP contribution in [0.5, 0.6) is 0 Å². The standard InChI is InChI=1S/C11H19BrN2S/c1-8(2)10(6-13)14(3)7-9-4-5-11(12)15-9/h4-5,8,10H,6-7,13H2,1-3H3. The van der Waals surface area contributed by atoms with E-state index in [0.717, 1.165) is 13.1 Å². The summed E-state index contributed by atoms with van der Waals surface area (Å²) < 4.78 is 1.19. The summed E-state index contributed by atoms with van der Waals surface area (Å²) in [5, 5.41) is 0. The Morgan fingerprint density at radius 1 is 1.47 bits per heavy atom. The van der Waals surface area contributed by atoms with Gasteiger partial charge in [0.05, 0.1) is 3.79 Å². The number of nitrogens with two attached hydrogens (primary N) is 1. The van der Waals surface area contributed by atoms with Crippen molar-refractivity contribution in [3.8, 4) is 0 Å². The summed E-state index contributed by atoms with van der Waals surface area (Å²) in [6, 6.07) is 4.73. The molecule has 0 fully saturated rings. The molecule has 15 heavy (non-hydrogen) atoms. The van der Waals surface area contributed by atoms with Crippen LogP contribution in [0.2, 0.25) is 0 Å². The van der Waals surface area contributed by atoms with Gasteiger partial charge >= 0.3 is 0 Å². The monoisotopic (exact) mass is 290 g/mol. The van der Waals surface area contributed by atoms with E-state index >= 15 is 0 Å². The number of hydrogen-bond donors (Lipinski definition) is 1. The van der Waals surface area contributed by atoms with Gasteiger partial charge in [0, 0.05) is 24.0 Å². The second-order valence-electron chi connectivity index (χ2n) is 4.17. The third-order valence-corrected chi connectivity index (χ3v) is 4.22. The first-order chi connectivity index (χ1) is 7.04. The van der Waals surface area contributed by atoms with Crippen LogP contribution in [0.3, 0.4) is 0 Å². The molecular weight excluding hydrogens is 272 g/mol. The summed E-state index contributed by atoms with van der Waals surface area (Å²) in [6.07, 6.45) is 0. The van der Waals surface area contributed by atoms with Crippen LogP contribution in [0.25, 0.3) is 0 Å². The number of thiophene rings is 1. The SMILES string of the molecule is CC(C)C(CN)N(C)Cc1ccc(Br)s1. The maximum absolute atomic E-state index is 5.79. The lowest BCUT2D eigenvalue weighted by molar-refractivity contribution is 0.191. The molecule has 1 aromatic heterocycles. The molecule has 0 aliphatic heterocycles. The molecular formula is C11H19BrN2S. The molecule has 0 saturated heterocycles. The zero-order chi connectivity index (χ0) is 11.4. The van der Waals surface area contributed by atoms with Gasteiger partial charge in [0.15, 0.2) is 0 Å². The van der Waals surface area contributed by atoms with Gasteiger partial charge in [-0.2, -0.15) is 0 Å². The fourth-order valence-corrected chi connectivity index (χ4v) is 3.31. The van der Waals surface area contributed by atoms with E-state index in [4.69, 9.17) is 5.73 Å². The highest BCUT2D eigenvalue weighted by molar-refractivity contribution is 9.11. The maximum Gasteiger partial charge on any atom is 0.0701 e. The van der Waals surface area contributed by atoms with E-state index in [1.807, 2.05) is 0 Å². The van der Waals surface area contributed by atoms with Crippen molar-refractivity contribution < 1.29 is 0 Å². The van der Waals surface area contributed by atoms with E-state index in [1.165, 1.54) is 8.66 Å². The highest BCUT2D eigenvalue weighted by atomic mass is 79.9. The second-order valence-corrected chi connectivity index (χ2v) is 6.72. The van der Waals surface area contributed by atoms with Crippen LogP contribution in [0, 0.1) is 5.92 Å². The highest BCUT2D eigenvalue weighted by Gasteiger charge is 2.17. The summed E-state index contributed by atoms with van der Waals surface area (Å²) in [5.41, 5.74) is 5.79. The molecule has 0 bridgehead atoms. The Bertz CT molecular complexity index is 299. The molecule has 0 radical (unpaired) electrons. The molecule has 1 atom stereocenters. The Balaban J connectivity index is 2.57. The zero-order valence-electron chi connectivity index (χ0n) is 9.53. The molecule has 0 amide bonds. The van der Waals surface area contributed by atoms with E-state index in [-0.39, 0.29) is 0 Å². The van der Waals surface area contributed by atoms with E-state index < -0.39 is 0 Å². The van der Waals surface area contributed by atoms with Crippen molar-refractivity contribution in [2.24, 2.45) is 11.7 Å². The Morgan fingerprint density at radius 3 is 2.53 bits per heavy atom. The predicted octanol–water partition coefficient (Wildman–Crippen LogP) is 2.93. The minimum Gasteiger partial charge on any atom is -0.329 e. The normalized spacial score (nSPS) is 13.8. The largest absolute Gasteiger partial charge is 0.329 e. The fraction of sp³-hybridized carbons (Fsp3) is 0.636. The Hall–Kier alpha value is 0.1000. The van der Waals surface area contributed by atoms with Gasteiger partial charge in [-0.05, 0) is 41.0 Å². The Labute approximate surface area is 105 Å². The third-order valence-electron chi connectivity index (χ3n) is 2.61. The Morgan fingerprint density at radius 2 is 2.13 bits per heavy atom. The van der Waals surface area contributed by atoms with Gasteiger partial charge in [0.1, 0.15) is 0 Å². The van der Waals surface area contributed by atoms with E-state index in [2.05, 4.69) is 53.9 Å². The van der Waals surface area contributed by atoms with Gasteiger partial charge in [-0.3, -0.25) is 4.90 Å². The molecule has 2 nitrogen and oxygen atoms in total. The van der Waals surface area contributed by atoms with Gasteiger partial charge in [0.2, 0.25) is 0 Å². The van der Waals surface area contributed by atoms with Crippen molar-refractivity contribution in [2.75, 3.05) is 13.6 Å². The molecule has 0 aliphatic rings. The number of halogens is 1. The molecule has 1 aromatic rings. The lowest BCUT2D eigenvalue weighted by Gasteiger charge is -2.29. The van der Waals surface area contributed by atoms with Crippen molar-refractivity contribution in [1.29, 1.82) is 0 Å². The summed E-state index contributed by atoms with van der Waals surface area (Å²) in [4.78, 5) is 3.71. The topological polar surface area (TPSA) is 29.3 Å². The molecule has 1 unspecified atom stereocenters. The van der Waals surface area contributed by atoms with Gasteiger partial charge in [-0.1, -0.05) is 13.8 Å². The van der Waals surface area contributed by atoms with Crippen LogP contribution in [-0.2, 0) is 6.54 Å². The molecule has 1 heterocycles. The van der Waals surface area contributed by atoms with Crippen LogP contribution in [0.1, 0.15) is 18.7 Å². The van der Waals surface area contributed by atoms with Crippen molar-refractivity contribution in [3.63, 3.8) is 0 Å². The first-order valence-electron chi connectivity index (χ1n) is 5.19. The summed E-state index contributed by atoms with van der Waals surface area (Å²) in [6.45, 7) is 6.15. The average Bonchev–Trinajstić information content (AvgIpc) is 2.51. The second kappa shape index (κ2) is 5.99. The maximum atomic E-state index is 5.79. The van der Waals surface area contributed by atoms with Crippen LogP contribution < -0.4 is 5.73 Å². The van der Waals surface area contributed by atoms with Crippen molar-refractivity contribution >= 4 is 27.3 Å². The number of nitrogens with zero attached hydrogens (tertiary/aromatic N) is 1.